The van der Waals surface area contributed by atoms with Crippen LogP contribution in [0.2, 0.25) is 0 Å². The summed E-state index contributed by atoms with van der Waals surface area (Å²) in [5.41, 5.74) is 1.86. The average molecular weight is 406 g/mol. The van der Waals surface area contributed by atoms with E-state index in [-0.39, 0.29) is 18.4 Å². The molecule has 1 aliphatic heterocycles. The van der Waals surface area contributed by atoms with Gasteiger partial charge in [0.1, 0.15) is 6.61 Å². The minimum Gasteiger partial charge on any atom is -0.493 e. The van der Waals surface area contributed by atoms with E-state index in [0.717, 1.165) is 30.4 Å². The molecule has 1 heterocycles. The van der Waals surface area contributed by atoms with Gasteiger partial charge in [0.05, 0.1) is 19.0 Å². The largest absolute Gasteiger partial charge is 0.493 e. The maximum absolute atomic E-state index is 12.3. The molecule has 1 unspecified atom stereocenters. The zero-order chi connectivity index (χ0) is 19.8. The molecule has 6 nitrogen and oxygen atoms in total. The van der Waals surface area contributed by atoms with Gasteiger partial charge in [0.15, 0.2) is 11.5 Å². The number of hydrogen-bond acceptors (Lipinski definition) is 5. The van der Waals surface area contributed by atoms with Crippen molar-refractivity contribution in [2.24, 2.45) is 0 Å². The van der Waals surface area contributed by atoms with E-state index in [1.807, 2.05) is 36.4 Å². The fourth-order valence-corrected chi connectivity index (χ4v) is 4.37. The van der Waals surface area contributed by atoms with Crippen LogP contribution in [0, 0.1) is 0 Å². The number of nitrogens with one attached hydrogen (secondary N) is 1. The molecule has 7 heteroatoms. The predicted molar refractivity (Wildman–Crippen MR) is 108 cm³/mol. The molecule has 1 saturated heterocycles. The lowest BCUT2D eigenvalue weighted by Gasteiger charge is -2.22. The maximum Gasteiger partial charge on any atom is 0.214 e. The number of benzene rings is 2. The van der Waals surface area contributed by atoms with Crippen molar-refractivity contribution in [1.29, 1.82) is 0 Å². The molecule has 0 spiro atoms. The fraction of sp³-hybridized carbons (Fsp3) is 0.429. The molecule has 0 amide bonds. The lowest BCUT2D eigenvalue weighted by atomic mass is 10.1. The topological polar surface area (TPSA) is 73.9 Å². The van der Waals surface area contributed by atoms with Crippen LogP contribution in [0.4, 0.5) is 0 Å². The van der Waals surface area contributed by atoms with Crippen molar-refractivity contribution >= 4 is 10.0 Å². The number of hydrogen-bond donors (Lipinski definition) is 1. The molecule has 28 heavy (non-hydrogen) atoms. The molecule has 0 aromatic heterocycles. The Labute approximate surface area is 166 Å². The highest BCUT2D eigenvalue weighted by Crippen LogP contribution is 2.29. The van der Waals surface area contributed by atoms with Crippen molar-refractivity contribution in [1.82, 2.24) is 4.72 Å². The first kappa shape index (κ1) is 20.6. The lowest BCUT2D eigenvalue weighted by Crippen LogP contribution is -2.34. The van der Waals surface area contributed by atoms with Crippen LogP contribution < -0.4 is 14.2 Å². The molecule has 1 fully saturated rings. The third kappa shape index (κ3) is 6.22. The van der Waals surface area contributed by atoms with E-state index in [0.29, 0.717) is 24.7 Å². The van der Waals surface area contributed by atoms with E-state index < -0.39 is 10.0 Å². The first-order chi connectivity index (χ1) is 13.6. The van der Waals surface area contributed by atoms with Crippen molar-refractivity contribution in [3.63, 3.8) is 0 Å². The summed E-state index contributed by atoms with van der Waals surface area (Å²) in [5, 5.41) is 0. The van der Waals surface area contributed by atoms with Gasteiger partial charge in [0, 0.05) is 13.2 Å². The Bertz CT molecular complexity index is 848. The standard InChI is InChI=1S/C21H27NO5S/c1-25-21-13-18(10-11-20(21)27-15-17-7-3-2-4-8-17)14-22-28(23,24)16-19-9-5-6-12-26-19/h2-4,7-8,10-11,13,19,22H,5-6,9,12,14-16H2,1H3. The third-order valence-electron chi connectivity index (χ3n) is 4.64. The van der Waals surface area contributed by atoms with Crippen molar-refractivity contribution in [3.8, 4) is 11.5 Å². The summed E-state index contributed by atoms with van der Waals surface area (Å²) < 4.78 is 44.0. The van der Waals surface area contributed by atoms with E-state index in [9.17, 15) is 8.42 Å². The summed E-state index contributed by atoms with van der Waals surface area (Å²) in [5.74, 6) is 1.19. The molecule has 0 bridgehead atoms. The molecule has 1 aliphatic rings. The highest BCUT2D eigenvalue weighted by molar-refractivity contribution is 7.89. The summed E-state index contributed by atoms with van der Waals surface area (Å²) in [6.07, 6.45) is 2.60. The van der Waals surface area contributed by atoms with Crippen LogP contribution in [-0.2, 0) is 27.9 Å². The molecule has 2 aromatic rings. The number of rotatable bonds is 9. The quantitative estimate of drug-likeness (QED) is 0.693. The molecule has 1 atom stereocenters. The summed E-state index contributed by atoms with van der Waals surface area (Å²) in [6, 6.07) is 15.3. The van der Waals surface area contributed by atoms with Crippen molar-refractivity contribution in [3.05, 3.63) is 59.7 Å². The van der Waals surface area contributed by atoms with Gasteiger partial charge in [-0.05, 0) is 42.5 Å². The van der Waals surface area contributed by atoms with E-state index in [4.69, 9.17) is 14.2 Å². The van der Waals surface area contributed by atoms with Gasteiger partial charge in [0.25, 0.3) is 0 Å². The van der Waals surface area contributed by atoms with Gasteiger partial charge in [0.2, 0.25) is 10.0 Å². The van der Waals surface area contributed by atoms with Gasteiger partial charge in [-0.25, -0.2) is 13.1 Å². The monoisotopic (exact) mass is 405 g/mol. The molecular weight excluding hydrogens is 378 g/mol. The van der Waals surface area contributed by atoms with E-state index in [1.54, 1.807) is 19.2 Å². The van der Waals surface area contributed by atoms with Crippen LogP contribution >= 0.6 is 0 Å². The van der Waals surface area contributed by atoms with E-state index in [1.165, 1.54) is 0 Å². The number of ether oxygens (including phenoxy) is 3. The molecule has 3 rings (SSSR count). The van der Waals surface area contributed by atoms with Gasteiger partial charge >= 0.3 is 0 Å². The molecule has 0 aliphatic carbocycles. The smallest absolute Gasteiger partial charge is 0.214 e. The van der Waals surface area contributed by atoms with Crippen LogP contribution in [0.3, 0.4) is 0 Å². The zero-order valence-electron chi connectivity index (χ0n) is 16.1. The predicted octanol–water partition coefficient (Wildman–Crippen LogP) is 3.26. The van der Waals surface area contributed by atoms with Crippen LogP contribution in [0.5, 0.6) is 11.5 Å². The van der Waals surface area contributed by atoms with Gasteiger partial charge in [-0.3, -0.25) is 0 Å². The van der Waals surface area contributed by atoms with E-state index >= 15 is 0 Å². The minimum atomic E-state index is -3.40. The average Bonchev–Trinajstić information content (AvgIpc) is 2.72. The Morgan fingerprint density at radius 1 is 1.07 bits per heavy atom. The second-order valence-corrected chi connectivity index (χ2v) is 8.70. The van der Waals surface area contributed by atoms with Gasteiger partial charge in [-0.2, -0.15) is 0 Å². The molecule has 2 aromatic carbocycles. The zero-order valence-corrected chi connectivity index (χ0v) is 16.9. The van der Waals surface area contributed by atoms with Crippen LogP contribution in [-0.4, -0.2) is 34.0 Å². The van der Waals surface area contributed by atoms with Crippen molar-refractivity contribution < 1.29 is 22.6 Å². The first-order valence-electron chi connectivity index (χ1n) is 9.48. The molecular formula is C21H27NO5S. The molecule has 0 radical (unpaired) electrons. The number of sulfonamides is 1. The second-order valence-electron chi connectivity index (χ2n) is 6.85. The van der Waals surface area contributed by atoms with Crippen LogP contribution in [0.15, 0.2) is 48.5 Å². The Hall–Kier alpha value is -2.09. The minimum absolute atomic E-state index is 0.00239. The number of methoxy groups -OCH3 is 1. The SMILES string of the molecule is COc1cc(CNS(=O)(=O)CC2CCCCO2)ccc1OCc1ccccc1. The molecule has 1 N–H and O–H groups in total. The summed E-state index contributed by atoms with van der Waals surface area (Å²) in [7, 11) is -1.83. The Morgan fingerprint density at radius 3 is 2.61 bits per heavy atom. The third-order valence-corrected chi connectivity index (χ3v) is 6.04. The summed E-state index contributed by atoms with van der Waals surface area (Å²) in [4.78, 5) is 0. The lowest BCUT2D eigenvalue weighted by molar-refractivity contribution is 0.0304. The fourth-order valence-electron chi connectivity index (χ4n) is 3.11. The van der Waals surface area contributed by atoms with Crippen molar-refractivity contribution in [2.45, 2.75) is 38.5 Å². The van der Waals surface area contributed by atoms with E-state index in [2.05, 4.69) is 4.72 Å². The highest BCUT2D eigenvalue weighted by atomic mass is 32.2. The second kappa shape index (κ2) is 9.91. The molecule has 0 saturated carbocycles. The Kier molecular flexibility index (Phi) is 7.30. The molecule has 152 valence electrons. The summed E-state index contributed by atoms with van der Waals surface area (Å²) in [6.45, 7) is 1.27. The van der Waals surface area contributed by atoms with Gasteiger partial charge < -0.3 is 14.2 Å². The van der Waals surface area contributed by atoms with Crippen molar-refractivity contribution in [2.75, 3.05) is 19.5 Å². The van der Waals surface area contributed by atoms with Gasteiger partial charge in [-0.15, -0.1) is 0 Å². The normalized spacial score (nSPS) is 17.2. The van der Waals surface area contributed by atoms with Gasteiger partial charge in [-0.1, -0.05) is 36.4 Å². The Morgan fingerprint density at radius 2 is 1.89 bits per heavy atom. The first-order valence-corrected chi connectivity index (χ1v) is 11.1. The maximum atomic E-state index is 12.3. The van der Waals surface area contributed by atoms with Crippen LogP contribution in [0.1, 0.15) is 30.4 Å². The van der Waals surface area contributed by atoms with Crippen LogP contribution in [0.25, 0.3) is 0 Å². The summed E-state index contributed by atoms with van der Waals surface area (Å²) >= 11 is 0. The highest BCUT2D eigenvalue weighted by Gasteiger charge is 2.21. The Balaban J connectivity index is 1.56.